The normalized spacial score (nSPS) is 14.8. The average Bonchev–Trinajstić information content (AvgIpc) is 3.35. The monoisotopic (exact) mass is 374 g/mol. The first-order chi connectivity index (χ1) is 12.7. The lowest BCUT2D eigenvalue weighted by Crippen LogP contribution is -2.17. The fourth-order valence-electron chi connectivity index (χ4n) is 3.41. The summed E-state index contributed by atoms with van der Waals surface area (Å²) in [5, 5.41) is 5.44. The molecular formula is C18H19FN4O2S. The molecule has 3 aromatic heterocycles. The Bertz CT molecular complexity index is 946. The number of thiazole rings is 1. The van der Waals surface area contributed by atoms with Crippen molar-refractivity contribution < 1.29 is 13.9 Å². The summed E-state index contributed by atoms with van der Waals surface area (Å²) in [5.74, 6) is 0.00116. The van der Waals surface area contributed by atoms with E-state index in [-0.39, 0.29) is 12.4 Å². The summed E-state index contributed by atoms with van der Waals surface area (Å²) in [7, 11) is 1.37. The van der Waals surface area contributed by atoms with E-state index in [1.54, 1.807) is 12.3 Å². The zero-order chi connectivity index (χ0) is 18.1. The molecule has 0 aromatic carbocycles. The highest BCUT2D eigenvalue weighted by atomic mass is 32.1. The van der Waals surface area contributed by atoms with E-state index in [1.807, 2.05) is 9.78 Å². The summed E-state index contributed by atoms with van der Waals surface area (Å²) in [6, 6.07) is 1.95. The fourth-order valence-corrected chi connectivity index (χ4v) is 4.30. The van der Waals surface area contributed by atoms with Crippen molar-refractivity contribution >= 4 is 28.1 Å². The number of carbonyl (C=O) groups is 1. The molecule has 136 valence electrons. The Hall–Kier alpha value is -2.48. The van der Waals surface area contributed by atoms with Gasteiger partial charge in [0.2, 0.25) is 0 Å². The first-order valence-corrected chi connectivity index (χ1v) is 9.47. The van der Waals surface area contributed by atoms with Gasteiger partial charge in [-0.15, -0.1) is 11.3 Å². The topological polar surface area (TPSA) is 68.5 Å². The maximum absolute atomic E-state index is 14.4. The molecule has 0 aliphatic heterocycles. The van der Waals surface area contributed by atoms with Crippen molar-refractivity contribution in [3.05, 3.63) is 35.4 Å². The number of esters is 1. The summed E-state index contributed by atoms with van der Waals surface area (Å²) in [6.07, 6.45) is 7.39. The number of pyridine rings is 1. The van der Waals surface area contributed by atoms with Gasteiger partial charge in [-0.05, 0) is 18.9 Å². The third kappa shape index (κ3) is 3.05. The summed E-state index contributed by atoms with van der Waals surface area (Å²) in [4.78, 5) is 21.0. The lowest BCUT2D eigenvalue weighted by Gasteiger charge is -2.15. The van der Waals surface area contributed by atoms with Crippen LogP contribution in [-0.4, -0.2) is 33.5 Å². The van der Waals surface area contributed by atoms with Gasteiger partial charge in [-0.1, -0.05) is 12.8 Å². The van der Waals surface area contributed by atoms with Crippen LogP contribution in [0.5, 0.6) is 0 Å². The number of nitrogens with zero attached hydrogens (tertiary/aromatic N) is 3. The van der Waals surface area contributed by atoms with Gasteiger partial charge in [0.1, 0.15) is 11.5 Å². The number of aromatic nitrogens is 3. The van der Waals surface area contributed by atoms with Gasteiger partial charge in [-0.25, -0.2) is 9.37 Å². The number of rotatable bonds is 5. The van der Waals surface area contributed by atoms with Crippen molar-refractivity contribution in [1.82, 2.24) is 14.4 Å². The predicted molar refractivity (Wildman–Crippen MR) is 97.9 cm³/mol. The van der Waals surface area contributed by atoms with Crippen LogP contribution in [0.3, 0.4) is 0 Å². The number of imidazole rings is 1. The number of ether oxygens (including phenoxy) is 1. The van der Waals surface area contributed by atoms with E-state index in [0.717, 1.165) is 29.3 Å². The molecule has 0 unspecified atom stereocenters. The molecular weight excluding hydrogens is 355 g/mol. The highest BCUT2D eigenvalue weighted by Gasteiger charge is 2.24. The second kappa shape index (κ2) is 7.03. The van der Waals surface area contributed by atoms with Crippen molar-refractivity contribution in [2.45, 2.75) is 38.1 Å². The second-order valence-corrected chi connectivity index (χ2v) is 7.22. The minimum atomic E-state index is -0.415. The van der Waals surface area contributed by atoms with Crippen LogP contribution >= 0.6 is 11.3 Å². The Kier molecular flexibility index (Phi) is 4.58. The van der Waals surface area contributed by atoms with Crippen molar-refractivity contribution in [1.29, 1.82) is 0 Å². The lowest BCUT2D eigenvalue weighted by molar-refractivity contribution is -0.139. The Morgan fingerprint density at radius 2 is 2.27 bits per heavy atom. The Balaban J connectivity index is 1.85. The third-order valence-electron chi connectivity index (χ3n) is 4.71. The first kappa shape index (κ1) is 17.0. The van der Waals surface area contributed by atoms with Crippen molar-refractivity contribution in [2.75, 3.05) is 12.4 Å². The van der Waals surface area contributed by atoms with E-state index in [0.29, 0.717) is 17.3 Å². The molecule has 1 N–H and O–H groups in total. The zero-order valence-electron chi connectivity index (χ0n) is 14.4. The molecule has 1 aliphatic rings. The van der Waals surface area contributed by atoms with E-state index >= 15 is 0 Å². The number of fused-ring (bicyclic) bond motifs is 1. The molecule has 0 atom stereocenters. The molecule has 0 saturated heterocycles. The quantitative estimate of drug-likeness (QED) is 0.690. The number of hydrogen-bond donors (Lipinski definition) is 1. The number of hydrogen-bond acceptors (Lipinski definition) is 6. The van der Waals surface area contributed by atoms with Gasteiger partial charge in [-0.3, -0.25) is 14.2 Å². The van der Waals surface area contributed by atoms with Gasteiger partial charge in [-0.2, -0.15) is 0 Å². The minimum Gasteiger partial charge on any atom is -0.469 e. The molecule has 26 heavy (non-hydrogen) atoms. The molecule has 1 aliphatic carbocycles. The second-order valence-electron chi connectivity index (χ2n) is 6.39. The zero-order valence-corrected chi connectivity index (χ0v) is 15.2. The van der Waals surface area contributed by atoms with Gasteiger partial charge >= 0.3 is 5.97 Å². The Morgan fingerprint density at radius 3 is 3.00 bits per heavy atom. The van der Waals surface area contributed by atoms with Crippen LogP contribution in [0.25, 0.3) is 16.2 Å². The van der Waals surface area contributed by atoms with Crippen molar-refractivity contribution in [3.8, 4) is 11.3 Å². The lowest BCUT2D eigenvalue weighted by atomic mass is 10.1. The van der Waals surface area contributed by atoms with E-state index in [4.69, 9.17) is 4.74 Å². The van der Waals surface area contributed by atoms with Crippen LogP contribution < -0.4 is 5.32 Å². The van der Waals surface area contributed by atoms with Gasteiger partial charge in [0, 0.05) is 28.9 Å². The smallest absolute Gasteiger partial charge is 0.311 e. The number of anilines is 1. The fraction of sp³-hybridized carbons (Fsp3) is 0.389. The molecule has 4 rings (SSSR count). The first-order valence-electron chi connectivity index (χ1n) is 8.59. The van der Waals surface area contributed by atoms with Crippen LogP contribution in [-0.2, 0) is 16.0 Å². The van der Waals surface area contributed by atoms with Gasteiger partial charge < -0.3 is 10.1 Å². The number of methoxy groups -OCH3 is 1. The molecule has 0 amide bonds. The van der Waals surface area contributed by atoms with Gasteiger partial charge in [0.15, 0.2) is 10.8 Å². The van der Waals surface area contributed by atoms with Gasteiger partial charge in [0.05, 0.1) is 19.7 Å². The van der Waals surface area contributed by atoms with Crippen LogP contribution in [0, 0.1) is 5.82 Å². The average molecular weight is 374 g/mol. The predicted octanol–water partition coefficient (Wildman–Crippen LogP) is 3.67. The largest absolute Gasteiger partial charge is 0.469 e. The molecule has 6 nitrogen and oxygen atoms in total. The van der Waals surface area contributed by atoms with Crippen LogP contribution in [0.1, 0.15) is 31.4 Å². The molecule has 8 heteroatoms. The number of halogens is 1. The van der Waals surface area contributed by atoms with E-state index in [2.05, 4.69) is 15.3 Å². The minimum absolute atomic E-state index is 0.143. The molecule has 1 saturated carbocycles. The van der Waals surface area contributed by atoms with Crippen LogP contribution in [0.2, 0.25) is 0 Å². The SMILES string of the molecule is COC(=O)Cc1csc2nc(-c3ccncc3F)c(NC3CCCC3)n12. The molecule has 0 spiro atoms. The highest BCUT2D eigenvalue weighted by molar-refractivity contribution is 7.15. The summed E-state index contributed by atoms with van der Waals surface area (Å²) < 4.78 is 21.1. The number of carbonyl (C=O) groups excluding carboxylic acids is 1. The van der Waals surface area contributed by atoms with Crippen LogP contribution in [0.15, 0.2) is 23.8 Å². The summed E-state index contributed by atoms with van der Waals surface area (Å²) >= 11 is 1.43. The molecule has 0 bridgehead atoms. The van der Waals surface area contributed by atoms with Gasteiger partial charge in [0.25, 0.3) is 0 Å². The van der Waals surface area contributed by atoms with Crippen molar-refractivity contribution in [2.24, 2.45) is 0 Å². The summed E-state index contributed by atoms with van der Waals surface area (Å²) in [6.45, 7) is 0. The molecule has 1 fully saturated rings. The molecule has 3 heterocycles. The van der Waals surface area contributed by atoms with E-state index in [1.165, 1.54) is 37.5 Å². The summed E-state index contributed by atoms with van der Waals surface area (Å²) in [5.41, 5.74) is 1.74. The van der Waals surface area contributed by atoms with E-state index in [9.17, 15) is 9.18 Å². The maximum atomic E-state index is 14.4. The third-order valence-corrected chi connectivity index (χ3v) is 5.59. The van der Waals surface area contributed by atoms with E-state index < -0.39 is 5.82 Å². The standard InChI is InChI=1S/C18H19FN4O2S/c1-25-15(24)8-12-10-26-18-22-16(13-6-7-20-9-14(13)19)17(23(12)18)21-11-4-2-3-5-11/h6-7,9-11,21H,2-5,8H2,1H3. The highest BCUT2D eigenvalue weighted by Crippen LogP contribution is 2.35. The van der Waals surface area contributed by atoms with Crippen LogP contribution in [0.4, 0.5) is 10.2 Å². The Labute approximate surface area is 154 Å². The number of nitrogens with one attached hydrogen (secondary N) is 1. The van der Waals surface area contributed by atoms with Crippen molar-refractivity contribution in [3.63, 3.8) is 0 Å². The molecule has 3 aromatic rings. The molecule has 0 radical (unpaired) electrons. The Morgan fingerprint density at radius 1 is 1.46 bits per heavy atom. The maximum Gasteiger partial charge on any atom is 0.311 e.